The molecular weight excluding hydrogens is 244 g/mol. The van der Waals surface area contributed by atoms with Crippen LogP contribution < -0.4 is 0 Å². The lowest BCUT2D eigenvalue weighted by Gasteiger charge is -2.07. The minimum Gasteiger partial charge on any atom is -0.465 e. The van der Waals surface area contributed by atoms with Crippen molar-refractivity contribution in [1.29, 1.82) is 0 Å². The molecule has 0 spiro atoms. The Hall–Kier alpha value is -0.520. The average molecular weight is 260 g/mol. The van der Waals surface area contributed by atoms with E-state index < -0.39 is 0 Å². The number of methoxy groups -OCH3 is 1. The highest BCUT2D eigenvalue weighted by atomic mass is 32.2. The largest absolute Gasteiger partial charge is 0.465 e. The van der Waals surface area contributed by atoms with Crippen molar-refractivity contribution < 1.29 is 14.6 Å². The number of esters is 1. The summed E-state index contributed by atoms with van der Waals surface area (Å²) in [7, 11) is 1.40. The van der Waals surface area contributed by atoms with Gasteiger partial charge in [-0.25, -0.2) is 4.79 Å². The molecule has 0 aliphatic heterocycles. The molecule has 0 fully saturated rings. The van der Waals surface area contributed by atoms with Gasteiger partial charge in [-0.3, -0.25) is 0 Å². The molecule has 0 amide bonds. The molecule has 16 heavy (non-hydrogen) atoms. The molecule has 1 rings (SSSR count). The quantitative estimate of drug-likeness (QED) is 0.798. The van der Waals surface area contributed by atoms with Crippen molar-refractivity contribution >= 4 is 29.1 Å². The molecule has 0 saturated carbocycles. The number of aliphatic hydroxyl groups excluding tert-OH is 1. The summed E-state index contributed by atoms with van der Waals surface area (Å²) in [5, 5.41) is 10.8. The molecule has 5 heteroatoms. The highest BCUT2D eigenvalue weighted by molar-refractivity contribution is 7.98. The summed E-state index contributed by atoms with van der Waals surface area (Å²) < 4.78 is 4.71. The Morgan fingerprint density at radius 1 is 1.69 bits per heavy atom. The van der Waals surface area contributed by atoms with E-state index in [1.165, 1.54) is 18.4 Å². The van der Waals surface area contributed by atoms with Gasteiger partial charge in [0.25, 0.3) is 0 Å². The van der Waals surface area contributed by atoms with E-state index in [-0.39, 0.29) is 12.6 Å². The predicted molar refractivity (Wildman–Crippen MR) is 68.1 cm³/mol. The lowest BCUT2D eigenvalue weighted by atomic mass is 10.2. The Bertz CT molecular complexity index is 336. The smallest absolute Gasteiger partial charge is 0.348 e. The van der Waals surface area contributed by atoms with Gasteiger partial charge in [0.05, 0.1) is 7.11 Å². The van der Waals surface area contributed by atoms with Crippen molar-refractivity contribution in [3.8, 4) is 0 Å². The van der Waals surface area contributed by atoms with Crippen LogP contribution in [0.25, 0.3) is 0 Å². The Morgan fingerprint density at radius 2 is 2.44 bits per heavy atom. The molecule has 0 aliphatic rings. The van der Waals surface area contributed by atoms with Crippen LogP contribution in [0.4, 0.5) is 0 Å². The molecule has 1 unspecified atom stereocenters. The zero-order valence-electron chi connectivity index (χ0n) is 9.43. The third-order valence-electron chi connectivity index (χ3n) is 2.09. The first-order chi connectivity index (χ1) is 7.69. The number of rotatable bonds is 6. The van der Waals surface area contributed by atoms with Crippen LogP contribution in [0.3, 0.4) is 0 Å². The van der Waals surface area contributed by atoms with Crippen LogP contribution in [0.2, 0.25) is 0 Å². The maximum absolute atomic E-state index is 11.4. The van der Waals surface area contributed by atoms with Gasteiger partial charge in [-0.15, -0.1) is 11.3 Å². The lowest BCUT2D eigenvalue weighted by Crippen LogP contribution is -2.05. The van der Waals surface area contributed by atoms with Crippen LogP contribution in [-0.4, -0.2) is 30.5 Å². The zero-order chi connectivity index (χ0) is 12.0. The van der Waals surface area contributed by atoms with Crippen LogP contribution in [0.1, 0.15) is 22.2 Å². The lowest BCUT2D eigenvalue weighted by molar-refractivity contribution is 0.0605. The van der Waals surface area contributed by atoms with Gasteiger partial charge in [-0.05, 0) is 28.7 Å². The third kappa shape index (κ3) is 3.81. The van der Waals surface area contributed by atoms with Crippen LogP contribution in [0.15, 0.2) is 11.4 Å². The Labute approximate surface area is 104 Å². The summed E-state index contributed by atoms with van der Waals surface area (Å²) in [6.07, 6.45) is 0. The maximum Gasteiger partial charge on any atom is 0.348 e. The number of aliphatic hydroxyl groups is 1. The van der Waals surface area contributed by atoms with Crippen molar-refractivity contribution in [3.05, 3.63) is 21.9 Å². The predicted octanol–water partition coefficient (Wildman–Crippen LogP) is 2.40. The number of ether oxygens (including phenoxy) is 1. The number of thiophene rings is 1. The Kier molecular flexibility index (Phi) is 5.87. The molecular formula is C11H16O3S2. The van der Waals surface area contributed by atoms with Gasteiger partial charge in [-0.1, -0.05) is 6.92 Å². The number of hydrogen-bond acceptors (Lipinski definition) is 5. The van der Waals surface area contributed by atoms with Crippen LogP contribution in [0.5, 0.6) is 0 Å². The zero-order valence-corrected chi connectivity index (χ0v) is 11.1. The fourth-order valence-electron chi connectivity index (χ4n) is 1.14. The second-order valence-corrected chi connectivity index (χ2v) is 5.52. The first-order valence-corrected chi connectivity index (χ1v) is 7.05. The normalized spacial score (nSPS) is 12.4. The molecule has 90 valence electrons. The van der Waals surface area contributed by atoms with E-state index in [0.29, 0.717) is 10.8 Å². The fourth-order valence-corrected chi connectivity index (χ4v) is 3.16. The highest BCUT2D eigenvalue weighted by Gasteiger charge is 2.13. The molecule has 1 aromatic rings. The Morgan fingerprint density at radius 3 is 3.06 bits per heavy atom. The second-order valence-electron chi connectivity index (χ2n) is 3.57. The second kappa shape index (κ2) is 6.93. The molecule has 0 aliphatic carbocycles. The van der Waals surface area contributed by atoms with Crippen molar-refractivity contribution in [2.24, 2.45) is 5.92 Å². The van der Waals surface area contributed by atoms with E-state index in [9.17, 15) is 4.79 Å². The van der Waals surface area contributed by atoms with E-state index in [2.05, 4.69) is 0 Å². The number of carbonyl (C=O) groups excluding carboxylic acids is 1. The summed E-state index contributed by atoms with van der Waals surface area (Å²) in [4.78, 5) is 12.1. The van der Waals surface area contributed by atoms with Crippen molar-refractivity contribution in [2.45, 2.75) is 12.7 Å². The maximum atomic E-state index is 11.4. The van der Waals surface area contributed by atoms with Gasteiger partial charge in [0.1, 0.15) is 4.88 Å². The van der Waals surface area contributed by atoms with E-state index in [1.807, 2.05) is 18.4 Å². The van der Waals surface area contributed by atoms with Crippen LogP contribution >= 0.6 is 23.1 Å². The molecule has 1 heterocycles. The molecule has 0 aromatic carbocycles. The van der Waals surface area contributed by atoms with E-state index in [4.69, 9.17) is 9.84 Å². The Balaban J connectivity index is 2.48. The molecule has 0 radical (unpaired) electrons. The third-order valence-corrected chi connectivity index (χ3v) is 4.35. The van der Waals surface area contributed by atoms with Crippen molar-refractivity contribution in [3.63, 3.8) is 0 Å². The minimum absolute atomic E-state index is 0.209. The average Bonchev–Trinajstić information content (AvgIpc) is 2.76. The van der Waals surface area contributed by atoms with E-state index in [0.717, 1.165) is 17.1 Å². The van der Waals surface area contributed by atoms with Gasteiger partial charge in [-0.2, -0.15) is 11.8 Å². The number of thioether (sulfide) groups is 1. The van der Waals surface area contributed by atoms with Gasteiger partial charge >= 0.3 is 5.97 Å². The summed E-state index contributed by atoms with van der Waals surface area (Å²) in [5.41, 5.74) is 1.02. The molecule has 0 saturated heterocycles. The van der Waals surface area contributed by atoms with Gasteiger partial charge in [0.15, 0.2) is 0 Å². The molecule has 1 atom stereocenters. The number of hydrogen-bond donors (Lipinski definition) is 1. The van der Waals surface area contributed by atoms with E-state index >= 15 is 0 Å². The summed E-state index contributed by atoms with van der Waals surface area (Å²) in [6, 6.07) is 1.95. The van der Waals surface area contributed by atoms with Gasteiger partial charge in [0.2, 0.25) is 0 Å². The first kappa shape index (κ1) is 13.5. The molecule has 1 N–H and O–H groups in total. The van der Waals surface area contributed by atoms with Crippen molar-refractivity contribution in [2.75, 3.05) is 19.5 Å². The number of carbonyl (C=O) groups is 1. The fraction of sp³-hybridized carbons (Fsp3) is 0.545. The summed E-state index contributed by atoms with van der Waals surface area (Å²) in [5.74, 6) is 1.72. The first-order valence-electron chi connectivity index (χ1n) is 5.02. The van der Waals surface area contributed by atoms with Crippen molar-refractivity contribution in [1.82, 2.24) is 0 Å². The molecule has 0 bridgehead atoms. The highest BCUT2D eigenvalue weighted by Crippen LogP contribution is 2.23. The van der Waals surface area contributed by atoms with Crippen LogP contribution in [-0.2, 0) is 10.5 Å². The summed E-state index contributed by atoms with van der Waals surface area (Å²) >= 11 is 3.13. The monoisotopic (exact) mass is 260 g/mol. The van der Waals surface area contributed by atoms with Crippen LogP contribution in [0, 0.1) is 5.92 Å². The topological polar surface area (TPSA) is 46.5 Å². The summed E-state index contributed by atoms with van der Waals surface area (Å²) in [6.45, 7) is 2.21. The van der Waals surface area contributed by atoms with Gasteiger partial charge in [0, 0.05) is 12.4 Å². The van der Waals surface area contributed by atoms with Gasteiger partial charge < -0.3 is 9.84 Å². The molecule has 3 nitrogen and oxygen atoms in total. The standard InChI is InChI=1S/C11H16O3S2/c1-8(5-12)6-15-7-9-3-4-16-10(9)11(13)14-2/h3-4,8,12H,5-7H2,1-2H3. The SMILES string of the molecule is COC(=O)c1sccc1CSCC(C)CO. The van der Waals surface area contributed by atoms with E-state index in [1.54, 1.807) is 11.8 Å². The molecule has 1 aromatic heterocycles. The minimum atomic E-state index is -0.263.